The normalized spacial score (nSPS) is 10.2. The Kier molecular flexibility index (Phi) is 4.26. The average Bonchev–Trinajstić information content (AvgIpc) is 2.26. The van der Waals surface area contributed by atoms with Gasteiger partial charge in [-0.2, -0.15) is 4.39 Å². The minimum atomic E-state index is -0.948. The van der Waals surface area contributed by atoms with Gasteiger partial charge in [0.15, 0.2) is 17.3 Å². The molecule has 16 heavy (non-hydrogen) atoms. The van der Waals surface area contributed by atoms with Gasteiger partial charge >= 0.3 is 0 Å². The second-order valence-electron chi connectivity index (χ2n) is 3.06. The summed E-state index contributed by atoms with van der Waals surface area (Å²) in [6.45, 7) is 0.0625. The molecule has 0 aliphatic carbocycles. The van der Waals surface area contributed by atoms with Gasteiger partial charge in [0.1, 0.15) is 0 Å². The first-order valence-electron chi connectivity index (χ1n) is 4.45. The summed E-state index contributed by atoms with van der Waals surface area (Å²) in [6.07, 6.45) is 0. The third-order valence-electron chi connectivity index (χ3n) is 1.99. The van der Waals surface area contributed by atoms with Crippen LogP contribution in [-0.2, 0) is 0 Å². The first kappa shape index (κ1) is 12.9. The number of nitrogens with one attached hydrogen (secondary N) is 1. The van der Waals surface area contributed by atoms with E-state index in [0.717, 1.165) is 0 Å². The fraction of sp³-hybridized carbons (Fsp3) is 0.300. The van der Waals surface area contributed by atoms with Gasteiger partial charge in [0.2, 0.25) is 5.82 Å². The van der Waals surface area contributed by atoms with Gasteiger partial charge in [-0.15, -0.1) is 0 Å². The van der Waals surface area contributed by atoms with E-state index in [1.165, 1.54) is 13.2 Å². The fourth-order valence-corrected chi connectivity index (χ4v) is 1.66. The smallest absolute Gasteiger partial charge is 0.208 e. The lowest BCUT2D eigenvalue weighted by Gasteiger charge is -2.10. The first-order chi connectivity index (χ1) is 7.52. The molecule has 0 atom stereocenters. The second-order valence-corrected chi connectivity index (χ2v) is 3.91. The molecule has 0 spiro atoms. The van der Waals surface area contributed by atoms with Crippen molar-refractivity contribution in [1.82, 2.24) is 5.32 Å². The van der Waals surface area contributed by atoms with Crippen LogP contribution in [0.2, 0.25) is 0 Å². The molecular weight excluding hydrogens is 281 g/mol. The second kappa shape index (κ2) is 5.27. The monoisotopic (exact) mass is 291 g/mol. The van der Waals surface area contributed by atoms with E-state index in [1.54, 1.807) is 7.05 Å². The van der Waals surface area contributed by atoms with Crippen LogP contribution < -0.4 is 10.1 Å². The number of carbonyl (C=O) groups excluding carboxylic acids is 1. The summed E-state index contributed by atoms with van der Waals surface area (Å²) in [7, 11) is 2.85. The van der Waals surface area contributed by atoms with Crippen LogP contribution in [0.5, 0.6) is 11.5 Å². The molecule has 0 amide bonds. The lowest BCUT2D eigenvalue weighted by atomic mass is 10.1. The van der Waals surface area contributed by atoms with Crippen molar-refractivity contribution in [1.29, 1.82) is 0 Å². The zero-order chi connectivity index (χ0) is 12.3. The number of phenolic OH excluding ortho intramolecular Hbond substituents is 1. The van der Waals surface area contributed by atoms with Crippen LogP contribution in [0.1, 0.15) is 10.4 Å². The minimum absolute atomic E-state index is 0.0625. The van der Waals surface area contributed by atoms with Crippen molar-refractivity contribution in [3.8, 4) is 11.5 Å². The SMILES string of the molecule is CNCC(=O)c1cc(Br)c(O)c(F)c1OC. The number of aromatic hydroxyl groups is 1. The van der Waals surface area contributed by atoms with Crippen LogP contribution in [0.25, 0.3) is 0 Å². The Morgan fingerprint density at radius 2 is 2.31 bits per heavy atom. The molecule has 0 saturated carbocycles. The van der Waals surface area contributed by atoms with Gasteiger partial charge < -0.3 is 15.2 Å². The Morgan fingerprint density at radius 1 is 1.69 bits per heavy atom. The Morgan fingerprint density at radius 3 is 2.81 bits per heavy atom. The summed E-state index contributed by atoms with van der Waals surface area (Å²) in [5.74, 6) is -2.09. The van der Waals surface area contributed by atoms with Crippen molar-refractivity contribution < 1.29 is 19.0 Å². The number of hydrogen-bond acceptors (Lipinski definition) is 4. The minimum Gasteiger partial charge on any atom is -0.504 e. The van der Waals surface area contributed by atoms with Crippen LogP contribution in [0.15, 0.2) is 10.5 Å². The molecule has 0 aromatic heterocycles. The van der Waals surface area contributed by atoms with Crippen molar-refractivity contribution in [3.63, 3.8) is 0 Å². The average molecular weight is 292 g/mol. The van der Waals surface area contributed by atoms with Crippen molar-refractivity contribution in [2.75, 3.05) is 20.7 Å². The maximum Gasteiger partial charge on any atom is 0.208 e. The van der Waals surface area contributed by atoms with Gasteiger partial charge in [-0.05, 0) is 29.0 Å². The quantitative estimate of drug-likeness (QED) is 0.829. The van der Waals surface area contributed by atoms with Crippen molar-refractivity contribution in [2.24, 2.45) is 0 Å². The van der Waals surface area contributed by atoms with Gasteiger partial charge in [0.05, 0.1) is 23.7 Å². The largest absolute Gasteiger partial charge is 0.504 e. The van der Waals surface area contributed by atoms with E-state index in [0.29, 0.717) is 0 Å². The lowest BCUT2D eigenvalue weighted by molar-refractivity contribution is 0.0989. The molecule has 0 saturated heterocycles. The summed E-state index contributed by atoms with van der Waals surface area (Å²) < 4.78 is 18.4. The van der Waals surface area contributed by atoms with Gasteiger partial charge in [0.25, 0.3) is 0 Å². The van der Waals surface area contributed by atoms with Gasteiger partial charge in [-0.25, -0.2) is 0 Å². The molecule has 0 fully saturated rings. The number of Topliss-reactive ketones (excluding diaryl/α,β-unsaturated/α-hetero) is 1. The van der Waals surface area contributed by atoms with Gasteiger partial charge in [0, 0.05) is 0 Å². The van der Waals surface area contributed by atoms with E-state index in [9.17, 15) is 14.3 Å². The van der Waals surface area contributed by atoms with Crippen molar-refractivity contribution in [2.45, 2.75) is 0 Å². The molecule has 0 unspecified atom stereocenters. The summed E-state index contributed by atoms with van der Waals surface area (Å²) in [6, 6.07) is 1.33. The zero-order valence-corrected chi connectivity index (χ0v) is 10.4. The maximum atomic E-state index is 13.5. The molecule has 0 aliphatic rings. The van der Waals surface area contributed by atoms with Crippen LogP contribution >= 0.6 is 15.9 Å². The van der Waals surface area contributed by atoms with Crippen LogP contribution in [-0.4, -0.2) is 31.6 Å². The number of carbonyl (C=O) groups is 1. The standard InChI is InChI=1S/C10H11BrFNO3/c1-13-4-7(14)5-3-6(11)9(15)8(12)10(5)16-2/h3,13,15H,4H2,1-2H3. The maximum absolute atomic E-state index is 13.5. The van der Waals surface area contributed by atoms with Gasteiger partial charge in [-0.3, -0.25) is 4.79 Å². The zero-order valence-electron chi connectivity index (χ0n) is 8.80. The van der Waals surface area contributed by atoms with E-state index in [2.05, 4.69) is 21.2 Å². The van der Waals surface area contributed by atoms with E-state index in [4.69, 9.17) is 4.74 Å². The van der Waals surface area contributed by atoms with Crippen LogP contribution in [0.4, 0.5) is 4.39 Å². The Labute approximate surface area is 101 Å². The molecule has 4 nitrogen and oxygen atoms in total. The topological polar surface area (TPSA) is 58.6 Å². The molecule has 1 aromatic carbocycles. The third-order valence-corrected chi connectivity index (χ3v) is 2.60. The van der Waals surface area contributed by atoms with E-state index in [-0.39, 0.29) is 28.1 Å². The van der Waals surface area contributed by atoms with E-state index >= 15 is 0 Å². The number of benzene rings is 1. The molecule has 1 rings (SSSR count). The number of hydrogen-bond donors (Lipinski definition) is 2. The Balaban J connectivity index is 3.33. The fourth-order valence-electron chi connectivity index (χ4n) is 1.25. The summed E-state index contributed by atoms with van der Waals surface area (Å²) >= 11 is 2.96. The van der Waals surface area contributed by atoms with Gasteiger partial charge in [-0.1, -0.05) is 0 Å². The highest BCUT2D eigenvalue weighted by atomic mass is 79.9. The highest BCUT2D eigenvalue weighted by Gasteiger charge is 2.21. The molecule has 1 aromatic rings. The Hall–Kier alpha value is -1.14. The number of likely N-dealkylation sites (N-methyl/N-ethyl adjacent to an activating group) is 1. The lowest BCUT2D eigenvalue weighted by Crippen LogP contribution is -2.19. The molecular formula is C10H11BrFNO3. The summed E-state index contributed by atoms with van der Waals surface area (Å²) in [5, 5.41) is 12.0. The first-order valence-corrected chi connectivity index (χ1v) is 5.25. The molecule has 0 heterocycles. The van der Waals surface area contributed by atoms with Crippen molar-refractivity contribution >= 4 is 21.7 Å². The third kappa shape index (κ3) is 2.33. The van der Waals surface area contributed by atoms with Crippen molar-refractivity contribution in [3.05, 3.63) is 21.9 Å². The predicted molar refractivity (Wildman–Crippen MR) is 60.6 cm³/mol. The Bertz CT molecular complexity index is 423. The summed E-state index contributed by atoms with van der Waals surface area (Å²) in [5.41, 5.74) is 0.0824. The van der Waals surface area contributed by atoms with Crippen LogP contribution in [0, 0.1) is 5.82 Å². The predicted octanol–water partition coefficient (Wildman–Crippen LogP) is 1.70. The molecule has 2 N–H and O–H groups in total. The van der Waals surface area contributed by atoms with E-state index in [1.807, 2.05) is 0 Å². The van der Waals surface area contributed by atoms with E-state index < -0.39 is 11.6 Å². The van der Waals surface area contributed by atoms with Crippen LogP contribution in [0.3, 0.4) is 0 Å². The molecule has 0 radical (unpaired) electrons. The molecule has 0 bridgehead atoms. The molecule has 0 aliphatic heterocycles. The number of methoxy groups -OCH3 is 1. The molecule has 88 valence electrons. The highest BCUT2D eigenvalue weighted by Crippen LogP contribution is 2.36. The number of phenols is 1. The summed E-state index contributed by atoms with van der Waals surface area (Å²) in [4.78, 5) is 11.6. The number of halogens is 2. The number of ether oxygens (including phenoxy) is 1. The highest BCUT2D eigenvalue weighted by molar-refractivity contribution is 9.10. The number of rotatable bonds is 4. The number of ketones is 1. The molecule has 6 heteroatoms.